The topological polar surface area (TPSA) is 98.5 Å². The summed E-state index contributed by atoms with van der Waals surface area (Å²) in [5, 5.41) is 3.58. The van der Waals surface area contributed by atoms with E-state index in [1.807, 2.05) is 0 Å². The van der Waals surface area contributed by atoms with Gasteiger partial charge in [0.25, 0.3) is 0 Å². The molecule has 0 aliphatic rings. The summed E-state index contributed by atoms with van der Waals surface area (Å²) in [5.41, 5.74) is 0.288. The number of nitrogens with zero attached hydrogens (tertiary/aromatic N) is 1. The van der Waals surface area contributed by atoms with Gasteiger partial charge in [-0.15, -0.1) is 0 Å². The van der Waals surface area contributed by atoms with E-state index in [0.29, 0.717) is 5.76 Å². The first-order chi connectivity index (χ1) is 8.34. The van der Waals surface area contributed by atoms with E-state index in [4.69, 9.17) is 9.26 Å². The number of aromatic nitrogens is 1. The number of aryl methyl sites for hydroxylation is 1. The number of carbonyl (C=O) groups is 1. The van der Waals surface area contributed by atoms with Gasteiger partial charge in [0.15, 0.2) is 0 Å². The average Bonchev–Trinajstić information content (AvgIpc) is 2.62. The molecular weight excluding hydrogens is 260 g/mol. The monoisotopic (exact) mass is 276 g/mol. The van der Waals surface area contributed by atoms with Crippen LogP contribution >= 0.6 is 0 Å². The first-order valence-electron chi connectivity index (χ1n) is 5.43. The van der Waals surface area contributed by atoms with Crippen LogP contribution in [-0.2, 0) is 25.3 Å². The van der Waals surface area contributed by atoms with Gasteiger partial charge in [-0.3, -0.25) is 4.79 Å². The third-order valence-electron chi connectivity index (χ3n) is 2.01. The van der Waals surface area contributed by atoms with Gasteiger partial charge in [-0.25, -0.2) is 13.1 Å². The molecule has 1 heterocycles. The zero-order valence-corrected chi connectivity index (χ0v) is 11.3. The molecule has 102 valence electrons. The number of hydrogen-bond acceptors (Lipinski definition) is 6. The predicted octanol–water partition coefficient (Wildman–Crippen LogP) is 0.354. The Kier molecular flexibility index (Phi) is 4.85. The number of carbonyl (C=O) groups excluding carboxylic acids is 1. The average molecular weight is 276 g/mol. The SMILES string of the molecule is CCOC(=O)C(C)NS(=O)(=O)Cc1cc(C)on1. The first-order valence-corrected chi connectivity index (χ1v) is 7.08. The molecule has 7 nitrogen and oxygen atoms in total. The maximum absolute atomic E-state index is 11.7. The highest BCUT2D eigenvalue weighted by Gasteiger charge is 2.22. The Balaban J connectivity index is 2.62. The largest absolute Gasteiger partial charge is 0.465 e. The molecule has 0 aliphatic carbocycles. The van der Waals surface area contributed by atoms with Crippen molar-refractivity contribution in [2.75, 3.05) is 6.61 Å². The molecule has 0 spiro atoms. The highest BCUT2D eigenvalue weighted by atomic mass is 32.2. The Labute approximate surface area is 106 Å². The normalized spacial score (nSPS) is 13.3. The summed E-state index contributed by atoms with van der Waals surface area (Å²) in [7, 11) is -3.66. The van der Waals surface area contributed by atoms with Gasteiger partial charge in [-0.05, 0) is 20.8 Å². The Morgan fingerprint density at radius 2 is 2.28 bits per heavy atom. The van der Waals surface area contributed by atoms with Crippen molar-refractivity contribution in [3.63, 3.8) is 0 Å². The van der Waals surface area contributed by atoms with Crippen molar-refractivity contribution in [1.82, 2.24) is 9.88 Å². The van der Waals surface area contributed by atoms with Crippen LogP contribution in [0.5, 0.6) is 0 Å². The van der Waals surface area contributed by atoms with Crippen LogP contribution in [-0.4, -0.2) is 32.2 Å². The van der Waals surface area contributed by atoms with Crippen LogP contribution < -0.4 is 4.72 Å². The second-order valence-electron chi connectivity index (χ2n) is 3.78. The van der Waals surface area contributed by atoms with Gasteiger partial charge in [0, 0.05) is 6.07 Å². The van der Waals surface area contributed by atoms with Crippen molar-refractivity contribution in [3.8, 4) is 0 Å². The number of ether oxygens (including phenoxy) is 1. The second-order valence-corrected chi connectivity index (χ2v) is 5.53. The standard InChI is InChI=1S/C10H16N2O5S/c1-4-16-10(13)8(3)12-18(14,15)6-9-5-7(2)17-11-9/h5,8,12H,4,6H2,1-3H3. The summed E-state index contributed by atoms with van der Waals surface area (Å²) in [6.07, 6.45) is 0. The molecule has 0 amide bonds. The lowest BCUT2D eigenvalue weighted by atomic mass is 10.4. The molecule has 0 aliphatic heterocycles. The highest BCUT2D eigenvalue weighted by Crippen LogP contribution is 2.06. The van der Waals surface area contributed by atoms with Crippen LogP contribution in [0.1, 0.15) is 25.3 Å². The van der Waals surface area contributed by atoms with E-state index < -0.39 is 22.0 Å². The summed E-state index contributed by atoms with van der Waals surface area (Å²) in [6.45, 7) is 4.94. The van der Waals surface area contributed by atoms with Crippen LogP contribution in [0.3, 0.4) is 0 Å². The Hall–Kier alpha value is -1.41. The number of nitrogens with one attached hydrogen (secondary N) is 1. The molecule has 1 unspecified atom stereocenters. The molecule has 1 atom stereocenters. The molecule has 1 aromatic heterocycles. The lowest BCUT2D eigenvalue weighted by Crippen LogP contribution is -2.40. The molecule has 1 N–H and O–H groups in total. The van der Waals surface area contributed by atoms with E-state index in [1.54, 1.807) is 13.8 Å². The molecule has 1 aromatic rings. The summed E-state index contributed by atoms with van der Waals surface area (Å²) < 4.78 is 35.1. The quantitative estimate of drug-likeness (QED) is 0.753. The van der Waals surface area contributed by atoms with Gasteiger partial charge >= 0.3 is 5.97 Å². The number of hydrogen-bond donors (Lipinski definition) is 1. The summed E-state index contributed by atoms with van der Waals surface area (Å²) in [6, 6.07) is 0.594. The van der Waals surface area contributed by atoms with Gasteiger partial charge in [0.1, 0.15) is 23.2 Å². The lowest BCUT2D eigenvalue weighted by molar-refractivity contribution is -0.144. The van der Waals surface area contributed by atoms with Gasteiger partial charge in [0.05, 0.1) is 6.61 Å². The van der Waals surface area contributed by atoms with E-state index >= 15 is 0 Å². The van der Waals surface area contributed by atoms with Crippen LogP contribution in [0.2, 0.25) is 0 Å². The van der Waals surface area contributed by atoms with E-state index in [9.17, 15) is 13.2 Å². The molecular formula is C10H16N2O5S. The van der Waals surface area contributed by atoms with Gasteiger partial charge in [-0.1, -0.05) is 5.16 Å². The van der Waals surface area contributed by atoms with Gasteiger partial charge < -0.3 is 9.26 Å². The molecule has 0 saturated heterocycles. The minimum absolute atomic E-state index is 0.202. The third-order valence-corrected chi connectivity index (χ3v) is 3.40. The van der Waals surface area contributed by atoms with Crippen molar-refractivity contribution in [2.45, 2.75) is 32.6 Å². The Bertz CT molecular complexity index is 508. The van der Waals surface area contributed by atoms with E-state index in [1.165, 1.54) is 13.0 Å². The second kappa shape index (κ2) is 5.96. The molecule has 8 heteroatoms. The molecule has 0 saturated carbocycles. The maximum Gasteiger partial charge on any atom is 0.323 e. The van der Waals surface area contributed by atoms with Gasteiger partial charge in [-0.2, -0.15) is 0 Å². The van der Waals surface area contributed by atoms with Gasteiger partial charge in [0.2, 0.25) is 10.0 Å². The van der Waals surface area contributed by atoms with Crippen molar-refractivity contribution in [3.05, 3.63) is 17.5 Å². The van der Waals surface area contributed by atoms with Crippen LogP contribution in [0.4, 0.5) is 0 Å². The van der Waals surface area contributed by atoms with Crippen molar-refractivity contribution >= 4 is 16.0 Å². The van der Waals surface area contributed by atoms with Crippen molar-refractivity contribution in [2.24, 2.45) is 0 Å². The maximum atomic E-state index is 11.7. The first kappa shape index (κ1) is 14.7. The third kappa shape index (κ3) is 4.46. The summed E-state index contributed by atoms with van der Waals surface area (Å²) in [5.74, 6) is -0.426. The molecule has 0 bridgehead atoms. The molecule has 1 rings (SSSR count). The highest BCUT2D eigenvalue weighted by molar-refractivity contribution is 7.88. The predicted molar refractivity (Wildman–Crippen MR) is 63.1 cm³/mol. The fraction of sp³-hybridized carbons (Fsp3) is 0.600. The van der Waals surface area contributed by atoms with Crippen LogP contribution in [0.15, 0.2) is 10.6 Å². The number of sulfonamides is 1. The molecule has 18 heavy (non-hydrogen) atoms. The summed E-state index contributed by atoms with van der Waals surface area (Å²) >= 11 is 0. The van der Waals surface area contributed by atoms with Crippen LogP contribution in [0.25, 0.3) is 0 Å². The van der Waals surface area contributed by atoms with Crippen molar-refractivity contribution < 1.29 is 22.5 Å². The summed E-state index contributed by atoms with van der Waals surface area (Å²) in [4.78, 5) is 11.3. The van der Waals surface area contributed by atoms with E-state index in [0.717, 1.165) is 0 Å². The Morgan fingerprint density at radius 1 is 1.61 bits per heavy atom. The van der Waals surface area contributed by atoms with Crippen molar-refractivity contribution in [1.29, 1.82) is 0 Å². The minimum atomic E-state index is -3.66. The van der Waals surface area contributed by atoms with Crippen LogP contribution in [0, 0.1) is 6.92 Å². The fourth-order valence-corrected chi connectivity index (χ4v) is 2.55. The smallest absolute Gasteiger partial charge is 0.323 e. The molecule has 0 radical (unpaired) electrons. The number of rotatable bonds is 6. The van der Waals surface area contributed by atoms with E-state index in [2.05, 4.69) is 9.88 Å². The Morgan fingerprint density at radius 3 is 2.78 bits per heavy atom. The minimum Gasteiger partial charge on any atom is -0.465 e. The van der Waals surface area contributed by atoms with E-state index in [-0.39, 0.29) is 18.1 Å². The molecule has 0 aromatic carbocycles. The molecule has 0 fully saturated rings. The zero-order valence-electron chi connectivity index (χ0n) is 10.5. The lowest BCUT2D eigenvalue weighted by Gasteiger charge is -2.12. The fourth-order valence-electron chi connectivity index (χ4n) is 1.31. The zero-order chi connectivity index (χ0) is 13.8. The number of esters is 1.